The standard InChI is InChI=1S/C13H17FO3S/c1-9(6-15)7-18-8-12(16)10-3-4-13(17-2)11(14)5-10/h3-5,9,15H,6-8H2,1-2H3. The topological polar surface area (TPSA) is 46.5 Å². The van der Waals surface area contributed by atoms with Crippen LogP contribution in [0.15, 0.2) is 18.2 Å². The van der Waals surface area contributed by atoms with Crippen molar-refractivity contribution in [3.8, 4) is 5.75 Å². The molecule has 3 nitrogen and oxygen atoms in total. The van der Waals surface area contributed by atoms with Crippen molar-refractivity contribution in [1.82, 2.24) is 0 Å². The summed E-state index contributed by atoms with van der Waals surface area (Å²) in [4.78, 5) is 11.8. The number of hydrogen-bond donors (Lipinski definition) is 1. The van der Waals surface area contributed by atoms with Gasteiger partial charge in [0.1, 0.15) is 0 Å². The lowest BCUT2D eigenvalue weighted by Crippen LogP contribution is -2.08. The SMILES string of the molecule is COc1ccc(C(=O)CSCC(C)CO)cc1F. The van der Waals surface area contributed by atoms with Crippen LogP contribution < -0.4 is 4.74 Å². The quantitative estimate of drug-likeness (QED) is 0.774. The molecule has 0 bridgehead atoms. The summed E-state index contributed by atoms with van der Waals surface area (Å²) in [5.41, 5.74) is 0.345. The first-order chi connectivity index (χ1) is 8.58. The molecule has 1 aromatic rings. The number of rotatable bonds is 7. The van der Waals surface area contributed by atoms with Crippen molar-refractivity contribution in [2.75, 3.05) is 25.2 Å². The summed E-state index contributed by atoms with van der Waals surface area (Å²) >= 11 is 1.44. The molecule has 0 saturated carbocycles. The number of Topliss-reactive ketones (excluding diaryl/α,β-unsaturated/α-hetero) is 1. The average Bonchev–Trinajstić information content (AvgIpc) is 2.38. The van der Waals surface area contributed by atoms with Crippen molar-refractivity contribution in [2.45, 2.75) is 6.92 Å². The summed E-state index contributed by atoms with van der Waals surface area (Å²) in [5, 5.41) is 8.85. The van der Waals surface area contributed by atoms with Gasteiger partial charge in [-0.05, 0) is 29.9 Å². The van der Waals surface area contributed by atoms with Crippen molar-refractivity contribution in [3.63, 3.8) is 0 Å². The molecule has 1 atom stereocenters. The second-order valence-electron chi connectivity index (χ2n) is 4.08. The highest BCUT2D eigenvalue weighted by atomic mass is 32.2. The number of ketones is 1. The molecule has 1 rings (SSSR count). The highest BCUT2D eigenvalue weighted by Gasteiger charge is 2.11. The maximum atomic E-state index is 13.4. The molecule has 18 heavy (non-hydrogen) atoms. The largest absolute Gasteiger partial charge is 0.494 e. The van der Waals surface area contributed by atoms with Gasteiger partial charge >= 0.3 is 0 Å². The summed E-state index contributed by atoms with van der Waals surface area (Å²) in [7, 11) is 1.38. The van der Waals surface area contributed by atoms with Gasteiger partial charge in [-0.25, -0.2) is 4.39 Å². The van der Waals surface area contributed by atoms with Gasteiger partial charge in [0.15, 0.2) is 17.3 Å². The molecule has 0 saturated heterocycles. The Kier molecular flexibility index (Phi) is 6.15. The minimum atomic E-state index is -0.530. The number of carbonyl (C=O) groups is 1. The first kappa shape index (κ1) is 15.0. The number of aliphatic hydroxyl groups is 1. The van der Waals surface area contributed by atoms with E-state index in [0.717, 1.165) is 0 Å². The number of thioether (sulfide) groups is 1. The van der Waals surface area contributed by atoms with Crippen LogP contribution in [0.25, 0.3) is 0 Å². The van der Waals surface area contributed by atoms with Gasteiger partial charge in [0.25, 0.3) is 0 Å². The maximum Gasteiger partial charge on any atom is 0.172 e. The Balaban J connectivity index is 2.54. The van der Waals surface area contributed by atoms with Crippen LogP contribution in [0, 0.1) is 11.7 Å². The molecule has 0 fully saturated rings. The second kappa shape index (κ2) is 7.38. The highest BCUT2D eigenvalue weighted by molar-refractivity contribution is 7.99. The molecule has 5 heteroatoms. The van der Waals surface area contributed by atoms with Gasteiger partial charge in [-0.1, -0.05) is 6.92 Å². The molecular weight excluding hydrogens is 255 g/mol. The van der Waals surface area contributed by atoms with Gasteiger partial charge < -0.3 is 9.84 Å². The summed E-state index contributed by atoms with van der Waals surface area (Å²) in [5.74, 6) is 0.643. The molecular formula is C13H17FO3S. The summed E-state index contributed by atoms with van der Waals surface area (Å²) in [6, 6.07) is 4.20. The molecule has 0 aliphatic carbocycles. The maximum absolute atomic E-state index is 13.4. The predicted octanol–water partition coefficient (Wildman–Crippen LogP) is 2.38. The number of ether oxygens (including phenoxy) is 1. The average molecular weight is 272 g/mol. The van der Waals surface area contributed by atoms with E-state index in [1.807, 2.05) is 6.92 Å². The van der Waals surface area contributed by atoms with E-state index in [9.17, 15) is 9.18 Å². The predicted molar refractivity (Wildman–Crippen MR) is 70.9 cm³/mol. The van der Waals surface area contributed by atoms with E-state index < -0.39 is 5.82 Å². The van der Waals surface area contributed by atoms with E-state index in [-0.39, 0.29) is 29.8 Å². The van der Waals surface area contributed by atoms with Gasteiger partial charge in [-0.2, -0.15) is 11.8 Å². The molecule has 1 aromatic carbocycles. The lowest BCUT2D eigenvalue weighted by molar-refractivity contribution is 0.102. The summed E-state index contributed by atoms with van der Waals surface area (Å²) in [6.07, 6.45) is 0. The van der Waals surface area contributed by atoms with Crippen molar-refractivity contribution < 1.29 is 19.0 Å². The van der Waals surface area contributed by atoms with E-state index in [1.54, 1.807) is 6.07 Å². The number of halogens is 1. The van der Waals surface area contributed by atoms with E-state index in [0.29, 0.717) is 11.3 Å². The fraction of sp³-hybridized carbons (Fsp3) is 0.462. The number of carbonyl (C=O) groups excluding carboxylic acids is 1. The van der Waals surface area contributed by atoms with E-state index >= 15 is 0 Å². The molecule has 0 aliphatic rings. The zero-order chi connectivity index (χ0) is 13.5. The molecule has 1 unspecified atom stereocenters. The van der Waals surface area contributed by atoms with Gasteiger partial charge in [-0.15, -0.1) is 0 Å². The minimum absolute atomic E-state index is 0.109. The smallest absolute Gasteiger partial charge is 0.172 e. The normalized spacial score (nSPS) is 12.2. The molecule has 100 valence electrons. The number of benzene rings is 1. The molecule has 0 amide bonds. The molecule has 0 aliphatic heterocycles. The first-order valence-electron chi connectivity index (χ1n) is 5.63. The Bertz CT molecular complexity index is 409. The fourth-order valence-corrected chi connectivity index (χ4v) is 2.31. The Morgan fingerprint density at radius 1 is 1.56 bits per heavy atom. The van der Waals surface area contributed by atoms with Gasteiger partial charge in [0.2, 0.25) is 0 Å². The zero-order valence-corrected chi connectivity index (χ0v) is 11.3. The Labute approximate surface area is 110 Å². The van der Waals surface area contributed by atoms with Crippen molar-refractivity contribution in [1.29, 1.82) is 0 Å². The number of hydrogen-bond acceptors (Lipinski definition) is 4. The van der Waals surface area contributed by atoms with Gasteiger partial charge in [0.05, 0.1) is 12.9 Å². The summed E-state index contributed by atoms with van der Waals surface area (Å²) in [6.45, 7) is 2.02. The van der Waals surface area contributed by atoms with E-state index in [2.05, 4.69) is 0 Å². The second-order valence-corrected chi connectivity index (χ2v) is 5.11. The Morgan fingerprint density at radius 3 is 2.83 bits per heavy atom. The monoisotopic (exact) mass is 272 g/mol. The van der Waals surface area contributed by atoms with E-state index in [4.69, 9.17) is 9.84 Å². The van der Waals surface area contributed by atoms with Crippen LogP contribution in [0.3, 0.4) is 0 Å². The highest BCUT2D eigenvalue weighted by Crippen LogP contribution is 2.19. The third-order valence-electron chi connectivity index (χ3n) is 2.42. The lowest BCUT2D eigenvalue weighted by Gasteiger charge is -2.07. The van der Waals surface area contributed by atoms with Crippen LogP contribution in [0.5, 0.6) is 5.75 Å². The van der Waals surface area contributed by atoms with Crippen molar-refractivity contribution >= 4 is 17.5 Å². The number of methoxy groups -OCH3 is 1. The lowest BCUT2D eigenvalue weighted by atomic mass is 10.1. The minimum Gasteiger partial charge on any atom is -0.494 e. The van der Waals surface area contributed by atoms with Crippen LogP contribution in [-0.4, -0.2) is 36.1 Å². The summed E-state index contributed by atoms with van der Waals surface area (Å²) < 4.78 is 18.2. The first-order valence-corrected chi connectivity index (χ1v) is 6.79. The van der Waals surface area contributed by atoms with Crippen LogP contribution >= 0.6 is 11.8 Å². The van der Waals surface area contributed by atoms with Crippen LogP contribution in [-0.2, 0) is 0 Å². The number of aliphatic hydroxyl groups excluding tert-OH is 1. The molecule has 0 spiro atoms. The van der Waals surface area contributed by atoms with Gasteiger partial charge in [-0.3, -0.25) is 4.79 Å². The molecule has 0 aromatic heterocycles. The Hall–Kier alpha value is -1.07. The third kappa shape index (κ3) is 4.31. The van der Waals surface area contributed by atoms with E-state index in [1.165, 1.54) is 31.0 Å². The molecule has 1 N–H and O–H groups in total. The molecule has 0 radical (unpaired) electrons. The third-order valence-corrected chi connectivity index (χ3v) is 3.69. The van der Waals surface area contributed by atoms with Crippen LogP contribution in [0.2, 0.25) is 0 Å². The molecule has 0 heterocycles. The zero-order valence-electron chi connectivity index (χ0n) is 10.5. The van der Waals surface area contributed by atoms with Crippen LogP contribution in [0.1, 0.15) is 17.3 Å². The van der Waals surface area contributed by atoms with Crippen molar-refractivity contribution in [2.24, 2.45) is 5.92 Å². The van der Waals surface area contributed by atoms with Gasteiger partial charge in [0, 0.05) is 12.2 Å². The van der Waals surface area contributed by atoms with Crippen LogP contribution in [0.4, 0.5) is 4.39 Å². The van der Waals surface area contributed by atoms with Crippen molar-refractivity contribution in [3.05, 3.63) is 29.6 Å². The fourth-order valence-electron chi connectivity index (χ4n) is 1.33. The Morgan fingerprint density at radius 2 is 2.28 bits per heavy atom.